The summed E-state index contributed by atoms with van der Waals surface area (Å²) in [6.07, 6.45) is 2.05. The summed E-state index contributed by atoms with van der Waals surface area (Å²) >= 11 is 0. The fourth-order valence-electron chi connectivity index (χ4n) is 0.639. The average molecular weight is 131 g/mol. The van der Waals surface area contributed by atoms with Crippen LogP contribution in [0, 0.1) is 5.92 Å². The highest BCUT2D eigenvalue weighted by atomic mass is 16.3. The van der Waals surface area contributed by atoms with Crippen molar-refractivity contribution in [2.45, 2.75) is 32.7 Å². The van der Waals surface area contributed by atoms with Gasteiger partial charge in [0.1, 0.15) is 0 Å². The smallest absolute Gasteiger partial charge is 0.0582 e. The molecule has 0 aromatic heterocycles. The monoisotopic (exact) mass is 131 g/mol. The van der Waals surface area contributed by atoms with E-state index >= 15 is 0 Å². The Labute approximate surface area is 57.1 Å². The first kappa shape index (κ1) is 8.92. The summed E-state index contributed by atoms with van der Waals surface area (Å²) in [5.41, 5.74) is 5.47. The second-order valence-electron chi connectivity index (χ2n) is 2.91. The lowest BCUT2D eigenvalue weighted by Gasteiger charge is -2.08. The maximum Gasteiger partial charge on any atom is 0.0582 e. The lowest BCUT2D eigenvalue weighted by molar-refractivity contribution is 0.254. The van der Waals surface area contributed by atoms with Crippen molar-refractivity contribution in [1.29, 1.82) is 0 Å². The minimum Gasteiger partial charge on any atom is -0.395 e. The standard InChI is InChI=1S/C7H17NO/c1-6(2)3-4-7(8)5-9/h6-7,9H,3-5,8H2,1-2H3. The largest absolute Gasteiger partial charge is 0.395 e. The van der Waals surface area contributed by atoms with Gasteiger partial charge in [-0.15, -0.1) is 0 Å². The molecule has 0 fully saturated rings. The Morgan fingerprint density at radius 1 is 1.33 bits per heavy atom. The van der Waals surface area contributed by atoms with E-state index in [1.807, 2.05) is 0 Å². The molecule has 0 aliphatic rings. The van der Waals surface area contributed by atoms with Crippen molar-refractivity contribution in [3.63, 3.8) is 0 Å². The molecule has 0 saturated carbocycles. The third-order valence-electron chi connectivity index (χ3n) is 1.35. The van der Waals surface area contributed by atoms with Crippen LogP contribution in [0.2, 0.25) is 0 Å². The number of nitrogens with two attached hydrogens (primary N) is 1. The summed E-state index contributed by atoms with van der Waals surface area (Å²) in [6.45, 7) is 4.43. The molecule has 0 heterocycles. The highest BCUT2D eigenvalue weighted by Crippen LogP contribution is 2.04. The zero-order valence-electron chi connectivity index (χ0n) is 6.30. The first-order valence-electron chi connectivity index (χ1n) is 3.53. The van der Waals surface area contributed by atoms with Gasteiger partial charge in [0, 0.05) is 6.04 Å². The van der Waals surface area contributed by atoms with E-state index in [-0.39, 0.29) is 12.6 Å². The predicted octanol–water partition coefficient (Wildman–Crippen LogP) is 0.742. The predicted molar refractivity (Wildman–Crippen MR) is 39.1 cm³/mol. The summed E-state index contributed by atoms with van der Waals surface area (Å²) in [5.74, 6) is 0.697. The maximum absolute atomic E-state index is 8.52. The first-order chi connectivity index (χ1) is 4.16. The second kappa shape index (κ2) is 4.77. The van der Waals surface area contributed by atoms with E-state index in [2.05, 4.69) is 13.8 Å². The number of rotatable bonds is 4. The van der Waals surface area contributed by atoms with E-state index in [9.17, 15) is 0 Å². The van der Waals surface area contributed by atoms with E-state index in [4.69, 9.17) is 10.8 Å². The molecule has 0 aromatic carbocycles. The normalized spacial score (nSPS) is 14.3. The van der Waals surface area contributed by atoms with Gasteiger partial charge in [0.25, 0.3) is 0 Å². The number of aliphatic hydroxyl groups excluding tert-OH is 1. The lowest BCUT2D eigenvalue weighted by atomic mass is 10.0. The molecule has 0 aromatic rings. The molecule has 0 radical (unpaired) electrons. The van der Waals surface area contributed by atoms with E-state index in [0.717, 1.165) is 12.8 Å². The molecule has 2 heteroatoms. The van der Waals surface area contributed by atoms with Gasteiger partial charge in [-0.1, -0.05) is 13.8 Å². The van der Waals surface area contributed by atoms with Gasteiger partial charge in [0.05, 0.1) is 6.61 Å². The fraction of sp³-hybridized carbons (Fsp3) is 1.00. The molecule has 0 amide bonds. The molecule has 3 N–H and O–H groups in total. The quantitative estimate of drug-likeness (QED) is 0.591. The van der Waals surface area contributed by atoms with Crippen LogP contribution in [0.4, 0.5) is 0 Å². The lowest BCUT2D eigenvalue weighted by Crippen LogP contribution is -2.24. The Bertz CT molecular complexity index is 63.9. The number of aliphatic hydroxyl groups is 1. The Kier molecular flexibility index (Phi) is 4.72. The van der Waals surface area contributed by atoms with Gasteiger partial charge in [-0.2, -0.15) is 0 Å². The summed E-state index contributed by atoms with van der Waals surface area (Å²) in [7, 11) is 0. The molecule has 1 atom stereocenters. The molecule has 0 aliphatic heterocycles. The molecular formula is C7H17NO. The molecule has 0 spiro atoms. The van der Waals surface area contributed by atoms with Crippen molar-refractivity contribution in [3.8, 4) is 0 Å². The minimum atomic E-state index is -0.00704. The Balaban J connectivity index is 3.06. The maximum atomic E-state index is 8.52. The highest BCUT2D eigenvalue weighted by molar-refractivity contribution is 4.59. The Hall–Kier alpha value is -0.0800. The van der Waals surface area contributed by atoms with Crippen LogP contribution in [0.3, 0.4) is 0 Å². The fourth-order valence-corrected chi connectivity index (χ4v) is 0.639. The van der Waals surface area contributed by atoms with Crippen LogP contribution in [-0.2, 0) is 0 Å². The Morgan fingerprint density at radius 3 is 2.22 bits per heavy atom. The minimum absolute atomic E-state index is 0.00704. The summed E-state index contributed by atoms with van der Waals surface area (Å²) < 4.78 is 0. The molecule has 56 valence electrons. The van der Waals surface area contributed by atoms with Crippen LogP contribution < -0.4 is 5.73 Å². The second-order valence-corrected chi connectivity index (χ2v) is 2.91. The van der Waals surface area contributed by atoms with E-state index in [1.165, 1.54) is 0 Å². The van der Waals surface area contributed by atoms with Crippen LogP contribution in [0.5, 0.6) is 0 Å². The van der Waals surface area contributed by atoms with Crippen LogP contribution >= 0.6 is 0 Å². The van der Waals surface area contributed by atoms with Crippen molar-refractivity contribution >= 4 is 0 Å². The van der Waals surface area contributed by atoms with Gasteiger partial charge in [0.15, 0.2) is 0 Å². The topological polar surface area (TPSA) is 46.2 Å². The van der Waals surface area contributed by atoms with E-state index in [1.54, 1.807) is 0 Å². The van der Waals surface area contributed by atoms with Crippen molar-refractivity contribution in [1.82, 2.24) is 0 Å². The van der Waals surface area contributed by atoms with Crippen LogP contribution in [-0.4, -0.2) is 17.8 Å². The zero-order chi connectivity index (χ0) is 7.28. The van der Waals surface area contributed by atoms with Crippen molar-refractivity contribution in [2.75, 3.05) is 6.61 Å². The number of hydrogen-bond acceptors (Lipinski definition) is 2. The van der Waals surface area contributed by atoms with Gasteiger partial charge in [0.2, 0.25) is 0 Å². The van der Waals surface area contributed by atoms with Gasteiger partial charge in [-0.3, -0.25) is 0 Å². The third-order valence-corrected chi connectivity index (χ3v) is 1.35. The van der Waals surface area contributed by atoms with Crippen LogP contribution in [0.15, 0.2) is 0 Å². The average Bonchev–Trinajstić information content (AvgIpc) is 1.83. The van der Waals surface area contributed by atoms with E-state index < -0.39 is 0 Å². The number of hydrogen-bond donors (Lipinski definition) is 2. The van der Waals surface area contributed by atoms with Gasteiger partial charge in [-0.25, -0.2) is 0 Å². The molecular weight excluding hydrogens is 114 g/mol. The molecule has 2 nitrogen and oxygen atoms in total. The third kappa shape index (κ3) is 5.80. The summed E-state index contributed by atoms with van der Waals surface area (Å²) in [5, 5.41) is 8.52. The van der Waals surface area contributed by atoms with E-state index in [0.29, 0.717) is 5.92 Å². The van der Waals surface area contributed by atoms with Crippen LogP contribution in [0.25, 0.3) is 0 Å². The van der Waals surface area contributed by atoms with Gasteiger partial charge >= 0.3 is 0 Å². The molecule has 0 bridgehead atoms. The molecule has 1 unspecified atom stereocenters. The van der Waals surface area contributed by atoms with Crippen molar-refractivity contribution in [3.05, 3.63) is 0 Å². The highest BCUT2D eigenvalue weighted by Gasteiger charge is 2.00. The zero-order valence-corrected chi connectivity index (χ0v) is 6.30. The molecule has 9 heavy (non-hydrogen) atoms. The van der Waals surface area contributed by atoms with Gasteiger partial charge < -0.3 is 10.8 Å². The van der Waals surface area contributed by atoms with Crippen LogP contribution in [0.1, 0.15) is 26.7 Å². The molecule has 0 saturated heterocycles. The summed E-state index contributed by atoms with van der Waals surface area (Å²) in [6, 6.07) is -0.00704. The van der Waals surface area contributed by atoms with Gasteiger partial charge in [-0.05, 0) is 18.8 Å². The van der Waals surface area contributed by atoms with Crippen molar-refractivity contribution in [2.24, 2.45) is 11.7 Å². The molecule has 0 aliphatic carbocycles. The first-order valence-corrected chi connectivity index (χ1v) is 3.53. The Morgan fingerprint density at radius 2 is 1.89 bits per heavy atom. The molecule has 0 rings (SSSR count). The SMILES string of the molecule is CC(C)CCC(N)CO. The summed E-state index contributed by atoms with van der Waals surface area (Å²) in [4.78, 5) is 0. The van der Waals surface area contributed by atoms with Crippen molar-refractivity contribution < 1.29 is 5.11 Å².